The molecule has 0 aliphatic heterocycles. The summed E-state index contributed by atoms with van der Waals surface area (Å²) in [6, 6.07) is 17.3. The Balaban J connectivity index is 1.79. The number of hydrazine groups is 1. The number of hydrogen-bond acceptors (Lipinski definition) is 6. The van der Waals surface area contributed by atoms with Crippen molar-refractivity contribution < 1.29 is 4.74 Å². The average Bonchev–Trinajstić information content (AvgIpc) is 2.63. The molecule has 0 aliphatic rings. The van der Waals surface area contributed by atoms with Gasteiger partial charge in [-0.3, -0.25) is 0 Å². The summed E-state index contributed by atoms with van der Waals surface area (Å²) in [5.41, 5.74) is 17.6. The third kappa shape index (κ3) is 3.93. The predicted octanol–water partition coefficient (Wildman–Crippen LogP) is 3.43. The Kier molecular flexibility index (Phi) is 4.92. The zero-order chi connectivity index (χ0) is 17.8. The maximum Gasteiger partial charge on any atom is 0.169 e. The highest BCUT2D eigenvalue weighted by molar-refractivity contribution is 6.30. The fraction of sp³-hybridized carbons (Fsp3) is 0.0556. The molecule has 7 N–H and O–H groups in total. The number of nitrogens with zero attached hydrogens (tertiary/aromatic N) is 1. The molecule has 0 unspecified atom stereocenters. The van der Waals surface area contributed by atoms with E-state index in [4.69, 9.17) is 33.6 Å². The number of halogens is 1. The van der Waals surface area contributed by atoms with E-state index in [9.17, 15) is 0 Å². The maximum absolute atomic E-state index is 5.96. The summed E-state index contributed by atoms with van der Waals surface area (Å²) in [6.07, 6.45) is 0. The van der Waals surface area contributed by atoms with Gasteiger partial charge in [-0.15, -0.1) is 0 Å². The van der Waals surface area contributed by atoms with Crippen molar-refractivity contribution in [3.8, 4) is 16.9 Å². The monoisotopic (exact) mass is 355 g/mol. The number of nitrogens with one attached hydrogen (secondary N) is 1. The maximum atomic E-state index is 5.96. The molecule has 0 bridgehead atoms. The lowest BCUT2D eigenvalue weighted by atomic mass is 10.0. The van der Waals surface area contributed by atoms with Crippen molar-refractivity contribution in [3.05, 3.63) is 65.2 Å². The Morgan fingerprint density at radius 3 is 2.48 bits per heavy atom. The van der Waals surface area contributed by atoms with Gasteiger partial charge in [-0.05, 0) is 34.9 Å². The molecule has 0 aliphatic carbocycles. The topological polar surface area (TPSA) is 112 Å². The number of benzene rings is 2. The third-order valence-electron chi connectivity index (χ3n) is 3.68. The first kappa shape index (κ1) is 16.9. The van der Waals surface area contributed by atoms with Crippen LogP contribution in [0.15, 0.2) is 54.6 Å². The second kappa shape index (κ2) is 7.29. The number of nitrogens with two attached hydrogens (primary N) is 3. The van der Waals surface area contributed by atoms with Crippen LogP contribution < -0.4 is 27.5 Å². The molecule has 128 valence electrons. The lowest BCUT2D eigenvalue weighted by Gasteiger charge is -2.13. The fourth-order valence-electron chi connectivity index (χ4n) is 2.42. The molecule has 7 heteroatoms. The molecule has 0 saturated carbocycles. The molecule has 0 atom stereocenters. The van der Waals surface area contributed by atoms with Gasteiger partial charge in [0.15, 0.2) is 5.82 Å². The van der Waals surface area contributed by atoms with Gasteiger partial charge in [0.2, 0.25) is 0 Å². The molecule has 3 aromatic rings. The Morgan fingerprint density at radius 2 is 1.76 bits per heavy atom. The smallest absolute Gasteiger partial charge is 0.169 e. The van der Waals surface area contributed by atoms with Gasteiger partial charge in [0.05, 0.1) is 0 Å². The first-order valence-electron chi connectivity index (χ1n) is 7.57. The number of nitrogen functional groups attached to an aromatic ring is 3. The number of hydrogen-bond donors (Lipinski definition) is 4. The van der Waals surface area contributed by atoms with Gasteiger partial charge >= 0.3 is 0 Å². The van der Waals surface area contributed by atoms with Crippen LogP contribution in [0.1, 0.15) is 5.56 Å². The molecular weight excluding hydrogens is 338 g/mol. The van der Waals surface area contributed by atoms with Crippen molar-refractivity contribution in [2.45, 2.75) is 6.61 Å². The average molecular weight is 356 g/mol. The lowest BCUT2D eigenvalue weighted by Crippen LogP contribution is -2.13. The molecule has 0 radical (unpaired) electrons. The zero-order valence-corrected chi connectivity index (χ0v) is 14.1. The normalized spacial score (nSPS) is 10.5. The van der Waals surface area contributed by atoms with Gasteiger partial charge in [0.1, 0.15) is 23.9 Å². The van der Waals surface area contributed by atoms with E-state index in [-0.39, 0.29) is 11.6 Å². The molecule has 0 fully saturated rings. The number of pyridine rings is 1. The van der Waals surface area contributed by atoms with E-state index in [0.717, 1.165) is 16.7 Å². The van der Waals surface area contributed by atoms with E-state index in [1.165, 1.54) is 0 Å². The highest BCUT2D eigenvalue weighted by Crippen LogP contribution is 2.30. The standard InChI is InChI=1S/C18H18ClN5O/c19-14-6-4-12(5-7-14)13-3-1-2-11(8-13)10-25-15-9-16(20)23-18(24-22)17(15)21/h1-9H,10,21-22H2,(H3,20,23,24). The highest BCUT2D eigenvalue weighted by atomic mass is 35.5. The third-order valence-corrected chi connectivity index (χ3v) is 3.93. The van der Waals surface area contributed by atoms with Crippen molar-refractivity contribution in [1.29, 1.82) is 0 Å². The zero-order valence-electron chi connectivity index (χ0n) is 13.4. The molecule has 25 heavy (non-hydrogen) atoms. The van der Waals surface area contributed by atoms with Crippen LogP contribution >= 0.6 is 11.6 Å². The van der Waals surface area contributed by atoms with Gasteiger partial charge in [-0.25, -0.2) is 10.8 Å². The van der Waals surface area contributed by atoms with E-state index in [1.54, 1.807) is 6.07 Å². The molecule has 6 nitrogen and oxygen atoms in total. The summed E-state index contributed by atoms with van der Waals surface area (Å²) >= 11 is 5.94. The van der Waals surface area contributed by atoms with Gasteiger partial charge in [-0.1, -0.05) is 41.9 Å². The summed E-state index contributed by atoms with van der Waals surface area (Å²) in [5.74, 6) is 6.36. The van der Waals surface area contributed by atoms with Crippen molar-refractivity contribution >= 4 is 28.9 Å². The van der Waals surface area contributed by atoms with Crippen molar-refractivity contribution in [2.24, 2.45) is 5.84 Å². The fourth-order valence-corrected chi connectivity index (χ4v) is 2.55. The van der Waals surface area contributed by atoms with Gasteiger partial charge in [0.25, 0.3) is 0 Å². The van der Waals surface area contributed by atoms with Crippen LogP contribution in [0.5, 0.6) is 5.75 Å². The Morgan fingerprint density at radius 1 is 1.00 bits per heavy atom. The summed E-state index contributed by atoms with van der Waals surface area (Å²) < 4.78 is 5.79. The number of ether oxygens (including phenoxy) is 1. The molecule has 0 saturated heterocycles. The minimum Gasteiger partial charge on any atom is -0.486 e. The van der Waals surface area contributed by atoms with Crippen LogP contribution in [0.4, 0.5) is 17.3 Å². The molecule has 0 spiro atoms. The summed E-state index contributed by atoms with van der Waals surface area (Å²) in [6.45, 7) is 0.332. The number of rotatable bonds is 5. The molecule has 2 aromatic carbocycles. The van der Waals surface area contributed by atoms with E-state index in [2.05, 4.69) is 10.4 Å². The van der Waals surface area contributed by atoms with Crippen LogP contribution in [0.3, 0.4) is 0 Å². The van der Waals surface area contributed by atoms with E-state index >= 15 is 0 Å². The second-order valence-corrected chi connectivity index (χ2v) is 5.88. The Labute approximate surface area is 150 Å². The quantitative estimate of drug-likeness (QED) is 0.412. The first-order valence-corrected chi connectivity index (χ1v) is 7.95. The predicted molar refractivity (Wildman–Crippen MR) is 102 cm³/mol. The lowest BCUT2D eigenvalue weighted by molar-refractivity contribution is 0.308. The molecule has 1 heterocycles. The van der Waals surface area contributed by atoms with Crippen LogP contribution in [-0.2, 0) is 6.61 Å². The van der Waals surface area contributed by atoms with Crippen LogP contribution in [0.25, 0.3) is 11.1 Å². The van der Waals surface area contributed by atoms with Crippen LogP contribution in [-0.4, -0.2) is 4.98 Å². The largest absolute Gasteiger partial charge is 0.486 e. The van der Waals surface area contributed by atoms with Gasteiger partial charge in [0, 0.05) is 11.1 Å². The minimum absolute atomic E-state index is 0.270. The first-order chi connectivity index (χ1) is 12.1. The molecule has 3 rings (SSSR count). The highest BCUT2D eigenvalue weighted by Gasteiger charge is 2.10. The SMILES string of the molecule is NNc1nc(N)cc(OCc2cccc(-c3ccc(Cl)cc3)c2)c1N. The van der Waals surface area contributed by atoms with Crippen LogP contribution in [0, 0.1) is 0 Å². The van der Waals surface area contributed by atoms with Crippen LogP contribution in [0.2, 0.25) is 5.02 Å². The van der Waals surface area contributed by atoms with E-state index in [1.807, 2.05) is 48.5 Å². The molecular formula is C18H18ClN5O. The second-order valence-electron chi connectivity index (χ2n) is 5.45. The Bertz CT molecular complexity index is 883. The molecule has 0 amide bonds. The minimum atomic E-state index is 0.270. The Hall–Kier alpha value is -2.96. The van der Waals surface area contributed by atoms with Crippen molar-refractivity contribution in [2.75, 3.05) is 16.9 Å². The van der Waals surface area contributed by atoms with E-state index in [0.29, 0.717) is 23.1 Å². The summed E-state index contributed by atoms with van der Waals surface area (Å²) in [5, 5.41) is 0.707. The van der Waals surface area contributed by atoms with Crippen molar-refractivity contribution in [3.63, 3.8) is 0 Å². The van der Waals surface area contributed by atoms with Crippen molar-refractivity contribution in [1.82, 2.24) is 4.98 Å². The van der Waals surface area contributed by atoms with E-state index < -0.39 is 0 Å². The number of anilines is 3. The van der Waals surface area contributed by atoms with Gasteiger partial charge < -0.3 is 21.6 Å². The van der Waals surface area contributed by atoms with Gasteiger partial charge in [-0.2, -0.15) is 0 Å². The number of aromatic nitrogens is 1. The summed E-state index contributed by atoms with van der Waals surface area (Å²) in [7, 11) is 0. The molecule has 1 aromatic heterocycles. The summed E-state index contributed by atoms with van der Waals surface area (Å²) in [4.78, 5) is 3.99.